The number of rotatable bonds is 7. The Balaban J connectivity index is 1.35. The summed E-state index contributed by atoms with van der Waals surface area (Å²) in [5.74, 6) is -0.0642. The van der Waals surface area contributed by atoms with Gasteiger partial charge in [-0.2, -0.15) is 0 Å². The molecular formula is C36H45Cl2N5O3S. The summed E-state index contributed by atoms with van der Waals surface area (Å²) in [6.07, 6.45) is 1.42. The molecule has 2 fully saturated rings. The first-order chi connectivity index (χ1) is 22.3. The number of thioether (sulfide) groups is 1. The topological polar surface area (TPSA) is 79.7 Å². The van der Waals surface area contributed by atoms with Gasteiger partial charge in [-0.3, -0.25) is 14.5 Å². The lowest BCUT2D eigenvalue weighted by Gasteiger charge is -2.48. The number of carbonyl (C=O) groups is 2. The van der Waals surface area contributed by atoms with E-state index >= 15 is 0 Å². The molecule has 2 saturated heterocycles. The summed E-state index contributed by atoms with van der Waals surface area (Å²) in [4.78, 5) is 43.2. The lowest BCUT2D eigenvalue weighted by Crippen LogP contribution is -2.63. The van der Waals surface area contributed by atoms with Crippen LogP contribution in [0.1, 0.15) is 71.6 Å². The van der Waals surface area contributed by atoms with Crippen LogP contribution in [0.15, 0.2) is 64.1 Å². The highest BCUT2D eigenvalue weighted by atomic mass is 35.5. The number of amides is 2. The van der Waals surface area contributed by atoms with Crippen LogP contribution in [0.3, 0.4) is 0 Å². The first kappa shape index (κ1) is 34.3. The van der Waals surface area contributed by atoms with Gasteiger partial charge in [-0.15, -0.1) is 0 Å². The van der Waals surface area contributed by atoms with Crippen molar-refractivity contribution in [3.05, 3.63) is 80.3 Å². The van der Waals surface area contributed by atoms with Crippen molar-refractivity contribution in [1.82, 2.24) is 19.6 Å². The fraction of sp³-hybridized carbons (Fsp3) is 0.528. The normalized spacial score (nSPS) is 27.6. The fourth-order valence-corrected chi connectivity index (χ4v) is 9.48. The Labute approximate surface area is 292 Å². The van der Waals surface area contributed by atoms with Crippen molar-refractivity contribution in [1.29, 1.82) is 0 Å². The van der Waals surface area contributed by atoms with Gasteiger partial charge < -0.3 is 19.8 Å². The maximum Gasteiger partial charge on any atom is 0.263 e. The average molecular weight is 699 g/mol. The number of allylic oxidation sites excluding steroid dienone is 1. The van der Waals surface area contributed by atoms with Crippen molar-refractivity contribution in [3.63, 3.8) is 0 Å². The van der Waals surface area contributed by atoms with E-state index in [4.69, 9.17) is 28.2 Å². The van der Waals surface area contributed by atoms with Crippen LogP contribution >= 0.6 is 35.0 Å². The van der Waals surface area contributed by atoms with E-state index in [9.17, 15) is 14.7 Å². The Bertz CT molecular complexity index is 1590. The van der Waals surface area contributed by atoms with Gasteiger partial charge in [0.05, 0.1) is 12.6 Å². The monoisotopic (exact) mass is 697 g/mol. The molecule has 0 spiro atoms. The number of hydrogen-bond donors (Lipinski definition) is 1. The quantitative estimate of drug-likeness (QED) is 0.355. The number of nitrogens with zero attached hydrogens (tertiary/aromatic N) is 5. The predicted octanol–water partition coefficient (Wildman–Crippen LogP) is 6.53. The van der Waals surface area contributed by atoms with Crippen LogP contribution in [0.4, 0.5) is 0 Å². The minimum atomic E-state index is -0.653. The van der Waals surface area contributed by atoms with Crippen molar-refractivity contribution in [2.75, 3.05) is 32.8 Å². The zero-order valence-electron chi connectivity index (χ0n) is 28.0. The predicted molar refractivity (Wildman–Crippen MR) is 190 cm³/mol. The van der Waals surface area contributed by atoms with Crippen LogP contribution in [0.5, 0.6) is 0 Å². The molecule has 2 aromatic carbocycles. The van der Waals surface area contributed by atoms with Gasteiger partial charge in [0.1, 0.15) is 16.5 Å². The summed E-state index contributed by atoms with van der Waals surface area (Å²) in [6.45, 7) is 15.2. The minimum absolute atomic E-state index is 0.0151. The van der Waals surface area contributed by atoms with Crippen molar-refractivity contribution in [2.45, 2.75) is 83.6 Å². The SMILES string of the molecule is CC(C)C1=C(C(=O)N2C(C)CCC2C(=O)N2CCN(CCO)C(C)(C)C2)SC2=NC(C)(c3ccc(Cl)cc3)C(c3ccc(Cl)cc3)N21. The Morgan fingerprint density at radius 2 is 1.64 bits per heavy atom. The van der Waals surface area contributed by atoms with Gasteiger partial charge in [-0.1, -0.05) is 61.3 Å². The summed E-state index contributed by atoms with van der Waals surface area (Å²) >= 11 is 14.0. The third kappa shape index (κ3) is 6.12. The van der Waals surface area contributed by atoms with Crippen LogP contribution in [0.2, 0.25) is 10.0 Å². The molecule has 4 aliphatic heterocycles. The maximum absolute atomic E-state index is 14.7. The van der Waals surface area contributed by atoms with Crippen molar-refractivity contribution < 1.29 is 14.7 Å². The second-order valence-electron chi connectivity index (χ2n) is 14.3. The molecule has 4 heterocycles. The van der Waals surface area contributed by atoms with E-state index in [0.29, 0.717) is 47.6 Å². The van der Waals surface area contributed by atoms with E-state index in [1.165, 1.54) is 11.8 Å². The zero-order chi connectivity index (χ0) is 33.8. The number of amidine groups is 1. The summed E-state index contributed by atoms with van der Waals surface area (Å²) in [7, 11) is 0. The molecule has 0 radical (unpaired) electrons. The number of carbonyl (C=O) groups excluding carboxylic acids is 2. The molecule has 0 aromatic heterocycles. The molecule has 6 rings (SSSR count). The third-order valence-corrected chi connectivity index (χ3v) is 11.9. The molecule has 2 aromatic rings. The smallest absolute Gasteiger partial charge is 0.263 e. The zero-order valence-corrected chi connectivity index (χ0v) is 30.4. The van der Waals surface area contributed by atoms with Gasteiger partial charge >= 0.3 is 0 Å². The summed E-state index contributed by atoms with van der Waals surface area (Å²) < 4.78 is 0. The summed E-state index contributed by atoms with van der Waals surface area (Å²) in [6, 6.07) is 14.9. The molecule has 0 bridgehead atoms. The van der Waals surface area contributed by atoms with Gasteiger partial charge in [0.15, 0.2) is 5.17 Å². The van der Waals surface area contributed by atoms with Crippen LogP contribution in [-0.4, -0.2) is 92.1 Å². The Kier molecular flexibility index (Phi) is 9.52. The van der Waals surface area contributed by atoms with Crippen molar-refractivity contribution in [2.24, 2.45) is 10.9 Å². The van der Waals surface area contributed by atoms with E-state index in [1.54, 1.807) is 0 Å². The minimum Gasteiger partial charge on any atom is -0.395 e. The largest absolute Gasteiger partial charge is 0.395 e. The molecule has 0 saturated carbocycles. The van der Waals surface area contributed by atoms with Gasteiger partial charge in [-0.25, -0.2) is 4.99 Å². The number of hydrogen-bond acceptors (Lipinski definition) is 7. The highest BCUT2D eigenvalue weighted by Gasteiger charge is 2.54. The van der Waals surface area contributed by atoms with Gasteiger partial charge in [0.2, 0.25) is 5.91 Å². The number of aliphatic hydroxyl groups excluding tert-OH is 1. The maximum atomic E-state index is 14.7. The van der Waals surface area contributed by atoms with Crippen LogP contribution < -0.4 is 0 Å². The Morgan fingerprint density at radius 3 is 2.23 bits per heavy atom. The molecule has 252 valence electrons. The highest BCUT2D eigenvalue weighted by Crippen LogP contribution is 2.56. The van der Waals surface area contributed by atoms with Crippen LogP contribution in [0.25, 0.3) is 0 Å². The molecule has 47 heavy (non-hydrogen) atoms. The molecule has 4 aliphatic rings. The molecule has 8 nitrogen and oxygen atoms in total. The molecular weight excluding hydrogens is 653 g/mol. The summed E-state index contributed by atoms with van der Waals surface area (Å²) in [5.41, 5.74) is 2.09. The standard InChI is InChI=1S/C36H45Cl2N5O3S/c1-22(2)29-30(33(46)42-23(3)7-16-28(42)32(45)40-17-18-41(19-20-44)35(4,5)21-40)47-34-39-36(6,25-10-14-27(38)15-11-25)31(43(29)34)24-8-12-26(37)13-9-24/h8-15,22-23,28,31,44H,7,16-21H2,1-6H3. The number of β-amino-alcohol motifs (C(OH)–C–C–N with tert-alkyl or cyclic N) is 1. The van der Waals surface area contributed by atoms with Crippen LogP contribution in [-0.2, 0) is 15.1 Å². The molecule has 0 aliphatic carbocycles. The molecule has 4 unspecified atom stereocenters. The first-order valence-electron chi connectivity index (χ1n) is 16.6. The van der Waals surface area contributed by atoms with Gasteiger partial charge in [0.25, 0.3) is 5.91 Å². The number of piperazine rings is 1. The van der Waals surface area contributed by atoms with Crippen molar-refractivity contribution >= 4 is 51.9 Å². The molecule has 11 heteroatoms. The molecule has 2 amide bonds. The van der Waals surface area contributed by atoms with E-state index in [1.807, 2.05) is 58.3 Å². The lowest BCUT2D eigenvalue weighted by atomic mass is 9.81. The van der Waals surface area contributed by atoms with Crippen LogP contribution in [0, 0.1) is 5.92 Å². The van der Waals surface area contributed by atoms with E-state index < -0.39 is 11.6 Å². The van der Waals surface area contributed by atoms with E-state index in [0.717, 1.165) is 28.4 Å². The molecule has 1 N–H and O–H groups in total. The van der Waals surface area contributed by atoms with Gasteiger partial charge in [0, 0.05) is 53.5 Å². The number of likely N-dealkylation sites (tertiary alicyclic amines) is 1. The third-order valence-electron chi connectivity index (χ3n) is 10.3. The van der Waals surface area contributed by atoms with Gasteiger partial charge in [-0.05, 0) is 93.6 Å². The molecule has 4 atom stereocenters. The number of benzene rings is 2. The second-order valence-corrected chi connectivity index (χ2v) is 16.1. The average Bonchev–Trinajstić information content (AvgIpc) is 3.67. The van der Waals surface area contributed by atoms with E-state index in [2.05, 4.69) is 51.3 Å². The Morgan fingerprint density at radius 1 is 1.00 bits per heavy atom. The number of aliphatic hydroxyl groups is 1. The first-order valence-corrected chi connectivity index (χ1v) is 18.1. The van der Waals surface area contributed by atoms with Crippen molar-refractivity contribution in [3.8, 4) is 0 Å². The second kappa shape index (κ2) is 13.0. The summed E-state index contributed by atoms with van der Waals surface area (Å²) in [5, 5.41) is 11.6. The number of fused-ring (bicyclic) bond motifs is 1. The Hall–Kier alpha value is -2.56. The highest BCUT2D eigenvalue weighted by molar-refractivity contribution is 8.18. The number of halogens is 2. The lowest BCUT2D eigenvalue weighted by molar-refractivity contribution is -0.146. The van der Waals surface area contributed by atoms with E-state index in [-0.39, 0.29) is 42.0 Å². The number of aliphatic imine (C=N–C) groups is 1. The fourth-order valence-electron chi connectivity index (χ4n) is 7.87.